The molecule has 3 nitrogen and oxygen atoms in total. The Kier molecular flexibility index (Phi) is 4.41. The molecule has 0 aliphatic heterocycles. The van der Waals surface area contributed by atoms with Crippen molar-refractivity contribution in [3.05, 3.63) is 101 Å². The first-order chi connectivity index (χ1) is 14.6. The van der Waals surface area contributed by atoms with Crippen LogP contribution in [0.25, 0.3) is 27.7 Å². The number of ketones is 1. The first-order valence-corrected chi connectivity index (χ1v) is 10.2. The molecule has 0 radical (unpaired) electrons. The number of furan rings is 1. The van der Waals surface area contributed by atoms with Gasteiger partial charge in [-0.1, -0.05) is 61.2 Å². The van der Waals surface area contributed by atoms with Crippen molar-refractivity contribution in [1.29, 1.82) is 0 Å². The van der Waals surface area contributed by atoms with Crippen molar-refractivity contribution in [2.45, 2.75) is 26.9 Å². The third-order valence-corrected chi connectivity index (χ3v) is 6.03. The Hall–Kier alpha value is -3.43. The summed E-state index contributed by atoms with van der Waals surface area (Å²) in [5.74, 6) is 1.43. The number of carbonyl (C=O) groups excluding carboxylic acids is 1. The van der Waals surface area contributed by atoms with Gasteiger partial charge in [-0.05, 0) is 41.8 Å². The number of allylic oxidation sites excluding steroid dienone is 1. The van der Waals surface area contributed by atoms with E-state index >= 15 is 0 Å². The number of hydrogen-bond acceptors (Lipinski definition) is 3. The van der Waals surface area contributed by atoms with Gasteiger partial charge in [-0.3, -0.25) is 4.79 Å². The summed E-state index contributed by atoms with van der Waals surface area (Å²) >= 11 is 0. The molecule has 148 valence electrons. The van der Waals surface area contributed by atoms with E-state index in [0.717, 1.165) is 39.8 Å². The summed E-state index contributed by atoms with van der Waals surface area (Å²) in [5, 5.41) is 5.62. The summed E-state index contributed by atoms with van der Waals surface area (Å²) in [6.07, 6.45) is 0. The fraction of sp³-hybridized carbons (Fsp3) is 0.148. The molecule has 4 aromatic rings. The van der Waals surface area contributed by atoms with E-state index in [2.05, 4.69) is 55.2 Å². The minimum absolute atomic E-state index is 0.0398. The fourth-order valence-electron chi connectivity index (χ4n) is 4.40. The summed E-state index contributed by atoms with van der Waals surface area (Å²) < 4.78 is 6.27. The third kappa shape index (κ3) is 2.82. The molecule has 0 bridgehead atoms. The van der Waals surface area contributed by atoms with Gasteiger partial charge in [0.25, 0.3) is 0 Å². The molecule has 0 spiro atoms. The predicted octanol–water partition coefficient (Wildman–Crippen LogP) is 6.22. The van der Waals surface area contributed by atoms with Crippen LogP contribution in [0.15, 0.2) is 71.7 Å². The van der Waals surface area contributed by atoms with Gasteiger partial charge in [0.05, 0.1) is 12.1 Å². The zero-order valence-corrected chi connectivity index (χ0v) is 17.2. The molecule has 0 fully saturated rings. The van der Waals surface area contributed by atoms with E-state index in [1.807, 2.05) is 31.2 Å². The van der Waals surface area contributed by atoms with Gasteiger partial charge in [-0.15, -0.1) is 0 Å². The number of hydrogen-bond donors (Lipinski definition) is 1. The third-order valence-electron chi connectivity index (χ3n) is 6.03. The molecule has 0 saturated heterocycles. The van der Waals surface area contributed by atoms with Crippen LogP contribution in [-0.2, 0) is 13.1 Å². The highest BCUT2D eigenvalue weighted by Crippen LogP contribution is 2.45. The van der Waals surface area contributed by atoms with Crippen LogP contribution in [0, 0.1) is 13.8 Å². The minimum Gasteiger partial charge on any atom is -0.459 e. The summed E-state index contributed by atoms with van der Waals surface area (Å²) in [6, 6.07) is 20.6. The SMILES string of the molecule is C=C1C(=O)c2c(oc(CNCc3ccccc3)c2C)-c2ccc3c(C)cccc3c21. The van der Waals surface area contributed by atoms with Crippen molar-refractivity contribution in [1.82, 2.24) is 5.32 Å². The molecule has 1 heterocycles. The molecule has 0 saturated carbocycles. The number of rotatable bonds is 4. The Morgan fingerprint density at radius 1 is 0.867 bits per heavy atom. The van der Waals surface area contributed by atoms with E-state index in [1.165, 1.54) is 11.1 Å². The predicted molar refractivity (Wildman–Crippen MR) is 121 cm³/mol. The molecule has 1 aromatic heterocycles. The summed E-state index contributed by atoms with van der Waals surface area (Å²) in [7, 11) is 0. The van der Waals surface area contributed by atoms with Crippen molar-refractivity contribution in [2.75, 3.05) is 0 Å². The largest absolute Gasteiger partial charge is 0.459 e. The number of fused-ring (bicyclic) bond motifs is 5. The number of benzene rings is 3. The van der Waals surface area contributed by atoms with E-state index in [9.17, 15) is 4.79 Å². The lowest BCUT2D eigenvalue weighted by molar-refractivity contribution is 0.105. The van der Waals surface area contributed by atoms with E-state index in [1.54, 1.807) is 0 Å². The van der Waals surface area contributed by atoms with Crippen molar-refractivity contribution in [2.24, 2.45) is 0 Å². The van der Waals surface area contributed by atoms with Gasteiger partial charge in [0.2, 0.25) is 0 Å². The summed E-state index contributed by atoms with van der Waals surface area (Å²) in [5.41, 5.74) is 6.33. The van der Waals surface area contributed by atoms with Gasteiger partial charge in [0.1, 0.15) is 11.5 Å². The molecule has 0 unspecified atom stereocenters. The normalized spacial score (nSPS) is 12.9. The Labute approximate surface area is 176 Å². The van der Waals surface area contributed by atoms with Crippen LogP contribution in [0.4, 0.5) is 0 Å². The van der Waals surface area contributed by atoms with Gasteiger partial charge >= 0.3 is 0 Å². The van der Waals surface area contributed by atoms with E-state index in [0.29, 0.717) is 23.4 Å². The van der Waals surface area contributed by atoms with Gasteiger partial charge < -0.3 is 9.73 Å². The zero-order valence-electron chi connectivity index (χ0n) is 17.2. The minimum atomic E-state index is -0.0398. The van der Waals surface area contributed by atoms with Crippen LogP contribution in [0.5, 0.6) is 0 Å². The first-order valence-electron chi connectivity index (χ1n) is 10.2. The van der Waals surface area contributed by atoms with Crippen LogP contribution in [0.2, 0.25) is 0 Å². The lowest BCUT2D eigenvalue weighted by Crippen LogP contribution is -2.13. The summed E-state index contributed by atoms with van der Waals surface area (Å²) in [4.78, 5) is 13.3. The summed E-state index contributed by atoms with van der Waals surface area (Å²) in [6.45, 7) is 9.51. The quantitative estimate of drug-likeness (QED) is 0.419. The van der Waals surface area contributed by atoms with Crippen molar-refractivity contribution >= 4 is 22.1 Å². The monoisotopic (exact) mass is 393 g/mol. The topological polar surface area (TPSA) is 42.2 Å². The van der Waals surface area contributed by atoms with Crippen molar-refractivity contribution in [3.8, 4) is 11.3 Å². The molecule has 3 aromatic carbocycles. The zero-order chi connectivity index (χ0) is 20.8. The van der Waals surface area contributed by atoms with Crippen LogP contribution >= 0.6 is 0 Å². The fourth-order valence-corrected chi connectivity index (χ4v) is 4.40. The molecule has 0 atom stereocenters. The average molecular weight is 393 g/mol. The van der Waals surface area contributed by atoms with Gasteiger partial charge in [0.15, 0.2) is 5.78 Å². The maximum absolute atomic E-state index is 13.3. The molecule has 5 rings (SSSR count). The van der Waals surface area contributed by atoms with Crippen LogP contribution < -0.4 is 5.32 Å². The first kappa shape index (κ1) is 18.6. The second-order valence-electron chi connectivity index (χ2n) is 7.91. The Morgan fingerprint density at radius 2 is 1.67 bits per heavy atom. The lowest BCUT2D eigenvalue weighted by Gasteiger charge is -2.19. The van der Waals surface area contributed by atoms with Crippen LogP contribution in [0.3, 0.4) is 0 Å². The van der Waals surface area contributed by atoms with Crippen LogP contribution in [0.1, 0.15) is 38.4 Å². The molecule has 0 amide bonds. The van der Waals surface area contributed by atoms with Gasteiger partial charge in [-0.2, -0.15) is 0 Å². The van der Waals surface area contributed by atoms with E-state index in [-0.39, 0.29) is 5.78 Å². The molecular weight excluding hydrogens is 370 g/mol. The molecule has 1 aliphatic rings. The molecule has 1 N–H and O–H groups in total. The number of nitrogens with one attached hydrogen (secondary N) is 1. The second-order valence-corrected chi connectivity index (χ2v) is 7.91. The Balaban J connectivity index is 1.56. The average Bonchev–Trinajstić information content (AvgIpc) is 3.09. The maximum atomic E-state index is 13.3. The van der Waals surface area contributed by atoms with Crippen LogP contribution in [-0.4, -0.2) is 5.78 Å². The van der Waals surface area contributed by atoms with Gasteiger partial charge in [0, 0.05) is 28.8 Å². The number of aryl methyl sites for hydroxylation is 1. The van der Waals surface area contributed by atoms with Gasteiger partial charge in [-0.25, -0.2) is 0 Å². The highest BCUT2D eigenvalue weighted by Gasteiger charge is 2.33. The Bertz CT molecular complexity index is 1310. The number of carbonyl (C=O) groups is 1. The molecular formula is C27H23NO2. The number of Topliss-reactive ketones (excluding diaryl/α,β-unsaturated/α-hetero) is 1. The standard InChI is InChI=1S/C27H23NO2/c1-16-8-7-11-21-20(16)12-13-22-24(21)18(3)26(29)25-17(2)23(30-27(22)25)15-28-14-19-9-5-4-6-10-19/h4-13,28H,3,14-15H2,1-2H3. The second kappa shape index (κ2) is 7.12. The molecule has 30 heavy (non-hydrogen) atoms. The smallest absolute Gasteiger partial charge is 0.197 e. The Morgan fingerprint density at radius 3 is 2.47 bits per heavy atom. The highest BCUT2D eigenvalue weighted by atomic mass is 16.3. The highest BCUT2D eigenvalue weighted by molar-refractivity contribution is 6.36. The maximum Gasteiger partial charge on any atom is 0.197 e. The van der Waals surface area contributed by atoms with E-state index < -0.39 is 0 Å². The van der Waals surface area contributed by atoms with Crippen molar-refractivity contribution in [3.63, 3.8) is 0 Å². The van der Waals surface area contributed by atoms with E-state index in [4.69, 9.17) is 4.42 Å². The van der Waals surface area contributed by atoms with Crippen molar-refractivity contribution < 1.29 is 9.21 Å². The lowest BCUT2D eigenvalue weighted by atomic mass is 9.81. The molecule has 1 aliphatic carbocycles. The molecule has 3 heteroatoms.